The van der Waals surface area contributed by atoms with Gasteiger partial charge in [-0.05, 0) is 38.7 Å². The maximum atomic E-state index is 11.8. The summed E-state index contributed by atoms with van der Waals surface area (Å²) in [6.45, 7) is 2.17. The largest absolute Gasteiger partial charge is 0.388 e. The second-order valence-electron chi connectivity index (χ2n) is 6.09. The molecule has 3 rings (SSSR count). The summed E-state index contributed by atoms with van der Waals surface area (Å²) >= 11 is 0. The van der Waals surface area contributed by atoms with Gasteiger partial charge in [0.25, 0.3) is 5.56 Å². The Labute approximate surface area is 112 Å². The molecule has 2 saturated heterocycles. The smallest absolute Gasteiger partial charge is 0.266 e. The highest BCUT2D eigenvalue weighted by molar-refractivity contribution is 5.00. The van der Waals surface area contributed by atoms with Crippen molar-refractivity contribution in [2.75, 3.05) is 0 Å². The molecule has 2 bridgehead atoms. The molecule has 1 aromatic heterocycles. The zero-order chi connectivity index (χ0) is 13.5. The van der Waals surface area contributed by atoms with Gasteiger partial charge in [-0.25, -0.2) is 4.68 Å². The summed E-state index contributed by atoms with van der Waals surface area (Å²) in [6, 6.07) is 4.00. The fraction of sp³-hybridized carbons (Fsp3) is 0.714. The molecular formula is C14H21N3O2. The molecule has 0 aromatic carbocycles. The van der Waals surface area contributed by atoms with E-state index in [-0.39, 0.29) is 5.56 Å². The average molecular weight is 263 g/mol. The van der Waals surface area contributed by atoms with Crippen LogP contribution in [0.4, 0.5) is 0 Å². The van der Waals surface area contributed by atoms with Crippen molar-refractivity contribution in [2.45, 2.75) is 63.3 Å². The van der Waals surface area contributed by atoms with Gasteiger partial charge in [-0.2, -0.15) is 5.10 Å². The van der Waals surface area contributed by atoms with Crippen LogP contribution in [0.25, 0.3) is 0 Å². The van der Waals surface area contributed by atoms with Crippen LogP contribution in [0, 0.1) is 6.92 Å². The summed E-state index contributed by atoms with van der Waals surface area (Å²) < 4.78 is 1.41. The zero-order valence-electron chi connectivity index (χ0n) is 11.3. The molecule has 3 atom stereocenters. The van der Waals surface area contributed by atoms with Gasteiger partial charge in [0.15, 0.2) is 0 Å². The first-order valence-electron chi connectivity index (χ1n) is 7.07. The number of hydrogen-bond donors (Lipinski definition) is 2. The first-order valence-corrected chi connectivity index (χ1v) is 7.07. The quantitative estimate of drug-likeness (QED) is 0.819. The van der Waals surface area contributed by atoms with E-state index in [9.17, 15) is 9.90 Å². The van der Waals surface area contributed by atoms with Crippen LogP contribution >= 0.6 is 0 Å². The highest BCUT2D eigenvalue weighted by Crippen LogP contribution is 2.33. The van der Waals surface area contributed by atoms with Gasteiger partial charge in [0.05, 0.1) is 17.8 Å². The standard InChI is InChI=1S/C14H21N3O2/c1-10-5-6-13(18)17(16-10)9-14(19)7-11-3-2-4-12(8-14)15-11/h5-6,11-12,15,19H,2-4,7-9H2,1H3/t11-,12+,14?. The predicted octanol–water partition coefficient (Wildman–Crippen LogP) is 0.587. The lowest BCUT2D eigenvalue weighted by Crippen LogP contribution is -2.57. The SMILES string of the molecule is Cc1ccc(=O)n(CC2(O)C[C@H]3CCC[C@@H](C2)N3)n1. The van der Waals surface area contributed by atoms with Gasteiger partial charge in [-0.1, -0.05) is 6.42 Å². The fourth-order valence-electron chi connectivity index (χ4n) is 3.51. The molecule has 0 spiro atoms. The number of aryl methyl sites for hydroxylation is 1. The highest BCUT2D eigenvalue weighted by atomic mass is 16.3. The van der Waals surface area contributed by atoms with E-state index in [0.717, 1.165) is 18.5 Å². The van der Waals surface area contributed by atoms with Gasteiger partial charge in [-0.15, -0.1) is 0 Å². The Morgan fingerprint density at radius 2 is 2.11 bits per heavy atom. The molecule has 5 nitrogen and oxygen atoms in total. The van der Waals surface area contributed by atoms with Gasteiger partial charge in [0, 0.05) is 18.2 Å². The molecule has 5 heteroatoms. The second-order valence-corrected chi connectivity index (χ2v) is 6.09. The van der Waals surface area contributed by atoms with Crippen LogP contribution < -0.4 is 10.9 Å². The number of hydrogen-bond acceptors (Lipinski definition) is 4. The Kier molecular flexibility index (Phi) is 3.19. The molecule has 3 heterocycles. The maximum absolute atomic E-state index is 11.8. The van der Waals surface area contributed by atoms with Crippen molar-refractivity contribution in [3.8, 4) is 0 Å². The van der Waals surface area contributed by atoms with E-state index in [4.69, 9.17) is 0 Å². The summed E-state index contributed by atoms with van der Waals surface area (Å²) in [4.78, 5) is 11.8. The summed E-state index contributed by atoms with van der Waals surface area (Å²) in [6.07, 6.45) is 4.90. The molecule has 2 fully saturated rings. The van der Waals surface area contributed by atoms with Gasteiger partial charge >= 0.3 is 0 Å². The third kappa shape index (κ3) is 2.72. The van der Waals surface area contributed by atoms with Crippen LogP contribution in [0.15, 0.2) is 16.9 Å². The van der Waals surface area contributed by atoms with Crippen LogP contribution in [-0.4, -0.2) is 32.6 Å². The molecular weight excluding hydrogens is 242 g/mol. The average Bonchev–Trinajstić information content (AvgIpc) is 2.33. The molecule has 0 radical (unpaired) electrons. The molecule has 1 aromatic rings. The van der Waals surface area contributed by atoms with Crippen molar-refractivity contribution in [3.05, 3.63) is 28.2 Å². The predicted molar refractivity (Wildman–Crippen MR) is 72.0 cm³/mol. The number of nitrogens with one attached hydrogen (secondary N) is 1. The molecule has 0 saturated carbocycles. The maximum Gasteiger partial charge on any atom is 0.266 e. The molecule has 19 heavy (non-hydrogen) atoms. The number of piperidine rings is 2. The molecule has 2 aliphatic heterocycles. The second kappa shape index (κ2) is 4.72. The fourth-order valence-corrected chi connectivity index (χ4v) is 3.51. The van der Waals surface area contributed by atoms with Gasteiger partial charge in [0.1, 0.15) is 0 Å². The van der Waals surface area contributed by atoms with E-state index in [1.54, 1.807) is 6.07 Å². The van der Waals surface area contributed by atoms with E-state index < -0.39 is 5.60 Å². The minimum Gasteiger partial charge on any atom is -0.388 e. The van der Waals surface area contributed by atoms with Crippen LogP contribution in [0.5, 0.6) is 0 Å². The number of fused-ring (bicyclic) bond motifs is 2. The van der Waals surface area contributed by atoms with Crippen molar-refractivity contribution in [3.63, 3.8) is 0 Å². The number of rotatable bonds is 2. The van der Waals surface area contributed by atoms with Gasteiger partial charge in [-0.3, -0.25) is 4.79 Å². The lowest BCUT2D eigenvalue weighted by Gasteiger charge is -2.45. The Balaban J connectivity index is 1.81. The van der Waals surface area contributed by atoms with Crippen molar-refractivity contribution in [1.82, 2.24) is 15.1 Å². The van der Waals surface area contributed by atoms with Crippen LogP contribution in [0.2, 0.25) is 0 Å². The normalized spacial score (nSPS) is 34.2. The minimum atomic E-state index is -0.800. The third-order valence-corrected chi connectivity index (χ3v) is 4.27. The van der Waals surface area contributed by atoms with Crippen molar-refractivity contribution in [1.29, 1.82) is 0 Å². The summed E-state index contributed by atoms with van der Waals surface area (Å²) in [5.41, 5.74) is -0.133. The first-order chi connectivity index (χ1) is 9.04. The van der Waals surface area contributed by atoms with Crippen molar-refractivity contribution < 1.29 is 5.11 Å². The van der Waals surface area contributed by atoms with Crippen molar-refractivity contribution >= 4 is 0 Å². The van der Waals surface area contributed by atoms with Crippen LogP contribution in [0.1, 0.15) is 37.8 Å². The highest BCUT2D eigenvalue weighted by Gasteiger charge is 2.41. The van der Waals surface area contributed by atoms with E-state index in [0.29, 0.717) is 31.5 Å². The Morgan fingerprint density at radius 3 is 2.79 bits per heavy atom. The molecule has 0 aliphatic carbocycles. The Bertz CT molecular complexity index is 514. The van der Waals surface area contributed by atoms with Gasteiger partial charge < -0.3 is 10.4 Å². The van der Waals surface area contributed by atoms with E-state index in [1.165, 1.54) is 17.2 Å². The first kappa shape index (κ1) is 12.8. The molecule has 0 amide bonds. The topological polar surface area (TPSA) is 67.2 Å². The van der Waals surface area contributed by atoms with Crippen LogP contribution in [0.3, 0.4) is 0 Å². The minimum absolute atomic E-state index is 0.136. The Hall–Kier alpha value is -1.20. The van der Waals surface area contributed by atoms with Gasteiger partial charge in [0.2, 0.25) is 0 Å². The zero-order valence-corrected chi connectivity index (χ0v) is 11.3. The van der Waals surface area contributed by atoms with E-state index in [2.05, 4.69) is 10.4 Å². The number of aromatic nitrogens is 2. The van der Waals surface area contributed by atoms with E-state index >= 15 is 0 Å². The lowest BCUT2D eigenvalue weighted by molar-refractivity contribution is -0.0467. The lowest BCUT2D eigenvalue weighted by atomic mass is 9.77. The van der Waals surface area contributed by atoms with Crippen molar-refractivity contribution in [2.24, 2.45) is 0 Å². The molecule has 1 unspecified atom stereocenters. The molecule has 2 N–H and O–H groups in total. The number of nitrogens with zero attached hydrogens (tertiary/aromatic N) is 2. The third-order valence-electron chi connectivity index (χ3n) is 4.27. The van der Waals surface area contributed by atoms with Crippen LogP contribution in [-0.2, 0) is 6.54 Å². The summed E-state index contributed by atoms with van der Waals surface area (Å²) in [5, 5.41) is 18.6. The Morgan fingerprint density at radius 1 is 1.42 bits per heavy atom. The molecule has 104 valence electrons. The summed E-state index contributed by atoms with van der Waals surface area (Å²) in [5.74, 6) is 0. The molecule has 2 aliphatic rings. The number of aliphatic hydroxyl groups is 1. The monoisotopic (exact) mass is 263 g/mol. The van der Waals surface area contributed by atoms with E-state index in [1.807, 2.05) is 6.92 Å². The summed E-state index contributed by atoms with van der Waals surface area (Å²) in [7, 11) is 0.